The van der Waals surface area contributed by atoms with E-state index >= 15 is 0 Å². The lowest BCUT2D eigenvalue weighted by Gasteiger charge is -2.37. The third-order valence-electron chi connectivity index (χ3n) is 2.79. The number of hydrogen-bond donors (Lipinski definition) is 1. The second-order valence-corrected chi connectivity index (χ2v) is 4.06. The van der Waals surface area contributed by atoms with Gasteiger partial charge in [-0.25, -0.2) is 5.32 Å². The van der Waals surface area contributed by atoms with Crippen molar-refractivity contribution in [2.24, 2.45) is 0 Å². The van der Waals surface area contributed by atoms with E-state index in [1.54, 1.807) is 0 Å². The third kappa shape index (κ3) is 2.43. The number of rotatable bonds is 4. The molecule has 0 bridgehead atoms. The summed E-state index contributed by atoms with van der Waals surface area (Å²) >= 11 is 0. The zero-order valence-electron chi connectivity index (χ0n) is 9.78. The molecule has 0 aromatic heterocycles. The van der Waals surface area contributed by atoms with Gasteiger partial charge in [-0.3, -0.25) is 0 Å². The van der Waals surface area contributed by atoms with E-state index in [1.807, 2.05) is 18.2 Å². The molecule has 16 heavy (non-hydrogen) atoms. The van der Waals surface area contributed by atoms with Crippen LogP contribution in [0.2, 0.25) is 0 Å². The maximum atomic E-state index is 5.98. The van der Waals surface area contributed by atoms with Crippen molar-refractivity contribution >= 4 is 0 Å². The van der Waals surface area contributed by atoms with Crippen LogP contribution in [0.25, 0.3) is 0 Å². The summed E-state index contributed by atoms with van der Waals surface area (Å²) in [5, 5.41) is 8.05. The number of nitrogens with one attached hydrogen (secondary N) is 1. The highest BCUT2D eigenvalue weighted by atomic mass is 16.5. The summed E-state index contributed by atoms with van der Waals surface area (Å²) < 4.78 is 5.98. The molecule has 1 fully saturated rings. The van der Waals surface area contributed by atoms with Gasteiger partial charge in [0.05, 0.1) is 0 Å². The minimum absolute atomic E-state index is 0.463. The maximum absolute atomic E-state index is 5.98. The van der Waals surface area contributed by atoms with Crippen LogP contribution in [0.4, 0.5) is 0 Å². The Morgan fingerprint density at radius 2 is 2.19 bits per heavy atom. The third-order valence-corrected chi connectivity index (χ3v) is 2.79. The molecule has 87 valence electrons. The monoisotopic (exact) mass is 219 g/mol. The largest absolute Gasteiger partial charge is 0.353 e. The van der Waals surface area contributed by atoms with Crippen molar-refractivity contribution in [1.29, 1.82) is 0 Å². The minimum atomic E-state index is -0.463. The fourth-order valence-electron chi connectivity index (χ4n) is 1.97. The quantitative estimate of drug-likeness (QED) is 0.832. The Morgan fingerprint density at radius 1 is 1.38 bits per heavy atom. The van der Waals surface area contributed by atoms with Gasteiger partial charge >= 0.3 is 0 Å². The van der Waals surface area contributed by atoms with Crippen LogP contribution in [0.1, 0.15) is 18.9 Å². The average Bonchev–Trinajstić information content (AvgIpc) is 2.38. The molecule has 3 nitrogen and oxygen atoms in total. The first-order valence-corrected chi connectivity index (χ1v) is 5.96. The predicted octanol–water partition coefficient (Wildman–Crippen LogP) is 1.47. The lowest BCUT2D eigenvalue weighted by Crippen LogP contribution is -2.54. The van der Waals surface area contributed by atoms with Crippen LogP contribution >= 0.6 is 0 Å². The van der Waals surface area contributed by atoms with Crippen molar-refractivity contribution < 1.29 is 4.74 Å². The summed E-state index contributed by atoms with van der Waals surface area (Å²) in [5.41, 5.74) is 0.686. The lowest BCUT2D eigenvalue weighted by atomic mass is 10.0. The molecule has 3 heteroatoms. The Bertz CT molecular complexity index is 307. The molecule has 2 rings (SSSR count). The first-order chi connectivity index (χ1) is 7.87. The molecule has 0 aliphatic carbocycles. The SMILES string of the molecule is CCCOC1(c2ccccc2)CNCC[N]1. The molecule has 1 aliphatic rings. The molecule has 1 aromatic rings. The lowest BCUT2D eigenvalue weighted by molar-refractivity contribution is -0.0871. The van der Waals surface area contributed by atoms with Gasteiger partial charge in [0.25, 0.3) is 0 Å². The molecule has 0 saturated carbocycles. The van der Waals surface area contributed by atoms with Gasteiger partial charge in [0.1, 0.15) is 0 Å². The van der Waals surface area contributed by atoms with E-state index in [-0.39, 0.29) is 0 Å². The first kappa shape index (κ1) is 11.6. The molecule has 1 N–H and O–H groups in total. The van der Waals surface area contributed by atoms with Crippen LogP contribution in [0.15, 0.2) is 30.3 Å². The molecular formula is C13H19N2O. The van der Waals surface area contributed by atoms with Crippen molar-refractivity contribution in [3.8, 4) is 0 Å². The highest BCUT2D eigenvalue weighted by molar-refractivity contribution is 5.23. The van der Waals surface area contributed by atoms with Crippen LogP contribution in [0.5, 0.6) is 0 Å². The van der Waals surface area contributed by atoms with Crippen LogP contribution < -0.4 is 10.6 Å². The number of nitrogens with zero attached hydrogens (tertiary/aromatic N) is 1. The number of benzene rings is 1. The van der Waals surface area contributed by atoms with E-state index in [0.29, 0.717) is 0 Å². The summed E-state index contributed by atoms with van der Waals surface area (Å²) in [4.78, 5) is 0. The maximum Gasteiger partial charge on any atom is 0.172 e. The van der Waals surface area contributed by atoms with E-state index < -0.39 is 5.72 Å². The van der Waals surface area contributed by atoms with E-state index in [2.05, 4.69) is 29.7 Å². The molecular weight excluding hydrogens is 200 g/mol. The summed E-state index contributed by atoms with van der Waals surface area (Å²) in [6, 6.07) is 10.3. The Hall–Kier alpha value is -0.900. The summed E-state index contributed by atoms with van der Waals surface area (Å²) in [6.45, 7) is 5.41. The Balaban J connectivity index is 2.19. The van der Waals surface area contributed by atoms with Crippen molar-refractivity contribution in [3.05, 3.63) is 35.9 Å². The standard InChI is InChI=1S/C13H19N2O/c1-2-10-16-13(11-14-8-9-15-13)12-6-4-3-5-7-12/h3-7,14H,2,8-11H2,1H3. The van der Waals surface area contributed by atoms with Gasteiger partial charge in [0.15, 0.2) is 5.72 Å². The summed E-state index contributed by atoms with van der Waals surface area (Å²) in [5.74, 6) is 0. The minimum Gasteiger partial charge on any atom is -0.353 e. The number of piperazine rings is 1. The van der Waals surface area contributed by atoms with E-state index in [0.717, 1.165) is 38.2 Å². The fourth-order valence-corrected chi connectivity index (χ4v) is 1.97. The Kier molecular flexibility index (Phi) is 3.93. The Morgan fingerprint density at radius 3 is 2.81 bits per heavy atom. The average molecular weight is 219 g/mol. The molecule has 1 atom stereocenters. The zero-order valence-corrected chi connectivity index (χ0v) is 9.78. The van der Waals surface area contributed by atoms with Crippen LogP contribution in [-0.2, 0) is 10.5 Å². The molecule has 1 saturated heterocycles. The molecule has 1 heterocycles. The van der Waals surface area contributed by atoms with E-state index in [1.165, 1.54) is 0 Å². The van der Waals surface area contributed by atoms with Crippen molar-refractivity contribution in [1.82, 2.24) is 10.6 Å². The highest BCUT2D eigenvalue weighted by Crippen LogP contribution is 2.25. The van der Waals surface area contributed by atoms with Gasteiger partial charge in [-0.2, -0.15) is 0 Å². The van der Waals surface area contributed by atoms with Gasteiger partial charge in [-0.05, 0) is 6.42 Å². The van der Waals surface area contributed by atoms with E-state index in [9.17, 15) is 0 Å². The second-order valence-electron chi connectivity index (χ2n) is 4.06. The van der Waals surface area contributed by atoms with E-state index in [4.69, 9.17) is 4.74 Å². The molecule has 0 spiro atoms. The van der Waals surface area contributed by atoms with Gasteiger partial charge in [-0.1, -0.05) is 37.3 Å². The first-order valence-electron chi connectivity index (χ1n) is 5.96. The molecule has 1 unspecified atom stereocenters. The molecule has 1 radical (unpaired) electrons. The van der Waals surface area contributed by atoms with Crippen molar-refractivity contribution in [2.45, 2.75) is 19.1 Å². The fraction of sp³-hybridized carbons (Fsp3) is 0.538. The zero-order chi connectivity index (χ0) is 11.3. The molecule has 1 aromatic carbocycles. The van der Waals surface area contributed by atoms with Gasteiger partial charge < -0.3 is 10.1 Å². The summed E-state index contributed by atoms with van der Waals surface area (Å²) in [7, 11) is 0. The van der Waals surface area contributed by atoms with Crippen LogP contribution in [0, 0.1) is 0 Å². The van der Waals surface area contributed by atoms with Crippen LogP contribution in [0.3, 0.4) is 0 Å². The molecule has 1 aliphatic heterocycles. The topological polar surface area (TPSA) is 35.4 Å². The van der Waals surface area contributed by atoms with Gasteiger partial charge in [0, 0.05) is 31.8 Å². The normalized spacial score (nSPS) is 25.6. The second kappa shape index (κ2) is 5.43. The smallest absolute Gasteiger partial charge is 0.172 e. The van der Waals surface area contributed by atoms with Crippen LogP contribution in [-0.4, -0.2) is 26.2 Å². The Labute approximate surface area is 97.2 Å². The van der Waals surface area contributed by atoms with Gasteiger partial charge in [-0.15, -0.1) is 0 Å². The van der Waals surface area contributed by atoms with Crippen molar-refractivity contribution in [2.75, 3.05) is 26.2 Å². The number of ether oxygens (including phenoxy) is 1. The number of hydrogen-bond acceptors (Lipinski definition) is 2. The van der Waals surface area contributed by atoms with Crippen molar-refractivity contribution in [3.63, 3.8) is 0 Å². The van der Waals surface area contributed by atoms with Gasteiger partial charge in [0.2, 0.25) is 0 Å². The highest BCUT2D eigenvalue weighted by Gasteiger charge is 2.35. The molecule has 0 amide bonds. The predicted molar refractivity (Wildman–Crippen MR) is 64.2 cm³/mol. The summed E-state index contributed by atoms with van der Waals surface area (Å²) in [6.07, 6.45) is 1.02.